The number of primary amides is 1. The first kappa shape index (κ1) is 11.6. The number of aromatic nitrogens is 1. The van der Waals surface area contributed by atoms with Gasteiger partial charge < -0.3 is 15.3 Å². The molecule has 2 aromatic rings. The highest BCUT2D eigenvalue weighted by Gasteiger charge is 2.15. The fourth-order valence-corrected chi connectivity index (χ4v) is 1.64. The number of nitrogens with zero attached hydrogens (tertiary/aromatic N) is 1. The third-order valence-electron chi connectivity index (χ3n) is 2.54. The van der Waals surface area contributed by atoms with Crippen molar-refractivity contribution in [2.75, 3.05) is 0 Å². The van der Waals surface area contributed by atoms with Gasteiger partial charge in [0.05, 0.1) is 0 Å². The van der Waals surface area contributed by atoms with Crippen molar-refractivity contribution in [2.24, 2.45) is 5.73 Å². The summed E-state index contributed by atoms with van der Waals surface area (Å²) in [5.74, 6) is -0.228. The first-order valence-corrected chi connectivity index (χ1v) is 5.50. The quantitative estimate of drug-likeness (QED) is 0.843. The molecule has 0 aliphatic rings. The third kappa shape index (κ3) is 2.29. The summed E-state index contributed by atoms with van der Waals surface area (Å²) in [6, 6.07) is 4.76. The van der Waals surface area contributed by atoms with E-state index in [0.29, 0.717) is 23.1 Å². The molecule has 1 aromatic heterocycles. The lowest BCUT2D eigenvalue weighted by Crippen LogP contribution is -2.10. The van der Waals surface area contributed by atoms with Gasteiger partial charge >= 0.3 is 0 Å². The predicted octanol–water partition coefficient (Wildman–Crippen LogP) is 1.76. The fraction of sp³-hybridized carbons (Fsp3) is 0.333. The summed E-state index contributed by atoms with van der Waals surface area (Å²) in [4.78, 5) is 15.2. The summed E-state index contributed by atoms with van der Waals surface area (Å²) in [5.41, 5.74) is 6.63. The van der Waals surface area contributed by atoms with Gasteiger partial charge in [0.2, 0.25) is 11.8 Å². The lowest BCUT2D eigenvalue weighted by atomic mass is 10.2. The number of hydrogen-bond acceptors (Lipinski definition) is 4. The van der Waals surface area contributed by atoms with Crippen molar-refractivity contribution >= 4 is 17.0 Å². The minimum atomic E-state index is -0.704. The van der Waals surface area contributed by atoms with Crippen molar-refractivity contribution in [3.8, 4) is 0 Å². The zero-order chi connectivity index (χ0) is 12.4. The smallest absolute Gasteiger partial charge is 0.248 e. The largest absolute Gasteiger partial charge is 0.438 e. The Labute approximate surface area is 98.2 Å². The van der Waals surface area contributed by atoms with E-state index in [1.54, 1.807) is 18.2 Å². The average molecular weight is 234 g/mol. The number of carbonyl (C=O) groups is 1. The van der Waals surface area contributed by atoms with Gasteiger partial charge in [-0.25, -0.2) is 4.98 Å². The molecule has 1 aromatic carbocycles. The Morgan fingerprint density at radius 3 is 3.00 bits per heavy atom. The van der Waals surface area contributed by atoms with E-state index in [1.165, 1.54) is 0 Å². The van der Waals surface area contributed by atoms with E-state index in [4.69, 9.17) is 10.2 Å². The number of nitrogens with two attached hydrogens (primary N) is 1. The van der Waals surface area contributed by atoms with Gasteiger partial charge in [0.1, 0.15) is 11.6 Å². The molecule has 1 amide bonds. The molecular weight excluding hydrogens is 220 g/mol. The van der Waals surface area contributed by atoms with Crippen LogP contribution in [0.15, 0.2) is 22.6 Å². The van der Waals surface area contributed by atoms with E-state index in [1.807, 2.05) is 6.92 Å². The number of oxazole rings is 1. The molecule has 0 aliphatic carbocycles. The van der Waals surface area contributed by atoms with Crippen LogP contribution in [0.1, 0.15) is 42.1 Å². The number of carbonyl (C=O) groups excluding carboxylic acids is 1. The minimum absolute atomic E-state index is 0.281. The molecule has 0 fully saturated rings. The van der Waals surface area contributed by atoms with Crippen molar-refractivity contribution in [1.82, 2.24) is 4.98 Å². The summed E-state index contributed by atoms with van der Waals surface area (Å²) < 4.78 is 5.40. The molecule has 5 nitrogen and oxygen atoms in total. The Bertz CT molecular complexity index is 548. The van der Waals surface area contributed by atoms with Crippen LogP contribution in [0.4, 0.5) is 0 Å². The Hall–Kier alpha value is -1.88. The van der Waals surface area contributed by atoms with Crippen molar-refractivity contribution in [3.05, 3.63) is 29.7 Å². The highest BCUT2D eigenvalue weighted by atomic mass is 16.4. The molecule has 1 atom stereocenters. The number of benzene rings is 1. The zero-order valence-electron chi connectivity index (χ0n) is 9.51. The molecule has 5 heteroatoms. The Balaban J connectivity index is 2.40. The van der Waals surface area contributed by atoms with E-state index < -0.39 is 12.0 Å². The van der Waals surface area contributed by atoms with Crippen molar-refractivity contribution in [3.63, 3.8) is 0 Å². The summed E-state index contributed by atoms with van der Waals surface area (Å²) in [7, 11) is 0. The van der Waals surface area contributed by atoms with Crippen LogP contribution in [0.25, 0.3) is 11.1 Å². The molecule has 0 saturated heterocycles. The molecule has 1 unspecified atom stereocenters. The molecule has 0 radical (unpaired) electrons. The van der Waals surface area contributed by atoms with Gasteiger partial charge in [-0.2, -0.15) is 0 Å². The van der Waals surface area contributed by atoms with Crippen molar-refractivity contribution in [2.45, 2.75) is 25.9 Å². The Morgan fingerprint density at radius 2 is 2.35 bits per heavy atom. The standard InChI is InChI=1S/C12H14N2O3/c1-2-3-9(15)12-14-8-6-7(11(13)16)4-5-10(8)17-12/h4-6,9,15H,2-3H2,1H3,(H2,13,16). The maximum atomic E-state index is 11.0. The molecule has 0 spiro atoms. The topological polar surface area (TPSA) is 89.4 Å². The number of amides is 1. The Morgan fingerprint density at radius 1 is 1.59 bits per heavy atom. The first-order chi connectivity index (χ1) is 8.11. The lowest BCUT2D eigenvalue weighted by Gasteiger charge is -2.01. The van der Waals surface area contributed by atoms with Gasteiger partial charge in [-0.1, -0.05) is 13.3 Å². The summed E-state index contributed by atoms with van der Waals surface area (Å²) in [5, 5.41) is 9.75. The van der Waals surface area contributed by atoms with Crippen LogP contribution in [0.2, 0.25) is 0 Å². The molecule has 1 heterocycles. The fourth-order valence-electron chi connectivity index (χ4n) is 1.64. The summed E-state index contributed by atoms with van der Waals surface area (Å²) >= 11 is 0. The number of rotatable bonds is 4. The predicted molar refractivity (Wildman–Crippen MR) is 62.4 cm³/mol. The highest BCUT2D eigenvalue weighted by molar-refractivity contribution is 5.95. The van der Waals surface area contributed by atoms with Crippen LogP contribution >= 0.6 is 0 Å². The normalized spacial score (nSPS) is 12.8. The van der Waals surface area contributed by atoms with Crippen LogP contribution in [0, 0.1) is 0 Å². The first-order valence-electron chi connectivity index (χ1n) is 5.50. The molecule has 90 valence electrons. The van der Waals surface area contributed by atoms with E-state index in [-0.39, 0.29) is 5.89 Å². The SMILES string of the molecule is CCCC(O)c1nc2cc(C(N)=O)ccc2o1. The monoisotopic (exact) mass is 234 g/mol. The lowest BCUT2D eigenvalue weighted by molar-refractivity contribution is 0.100. The summed E-state index contributed by atoms with van der Waals surface area (Å²) in [6.45, 7) is 1.97. The molecule has 17 heavy (non-hydrogen) atoms. The van der Waals surface area contributed by atoms with E-state index in [0.717, 1.165) is 6.42 Å². The summed E-state index contributed by atoms with van der Waals surface area (Å²) in [6.07, 6.45) is 0.728. The second-order valence-corrected chi connectivity index (χ2v) is 3.90. The number of fused-ring (bicyclic) bond motifs is 1. The van der Waals surface area contributed by atoms with Crippen LogP contribution in [-0.4, -0.2) is 16.0 Å². The molecule has 2 rings (SSSR count). The molecule has 0 aliphatic heterocycles. The Kier molecular flexibility index (Phi) is 3.10. The second-order valence-electron chi connectivity index (χ2n) is 3.90. The van der Waals surface area contributed by atoms with Crippen LogP contribution < -0.4 is 5.73 Å². The number of aliphatic hydroxyl groups excluding tert-OH is 1. The third-order valence-corrected chi connectivity index (χ3v) is 2.54. The van der Waals surface area contributed by atoms with Gasteiger partial charge in [-0.3, -0.25) is 4.79 Å². The van der Waals surface area contributed by atoms with Crippen LogP contribution in [0.3, 0.4) is 0 Å². The maximum absolute atomic E-state index is 11.0. The maximum Gasteiger partial charge on any atom is 0.248 e. The van der Waals surface area contributed by atoms with Crippen LogP contribution in [-0.2, 0) is 0 Å². The van der Waals surface area contributed by atoms with E-state index in [2.05, 4.69) is 4.98 Å². The van der Waals surface area contributed by atoms with Crippen molar-refractivity contribution < 1.29 is 14.3 Å². The van der Waals surface area contributed by atoms with E-state index >= 15 is 0 Å². The van der Waals surface area contributed by atoms with Gasteiger partial charge in [-0.15, -0.1) is 0 Å². The van der Waals surface area contributed by atoms with E-state index in [9.17, 15) is 9.90 Å². The van der Waals surface area contributed by atoms with Crippen molar-refractivity contribution in [1.29, 1.82) is 0 Å². The van der Waals surface area contributed by atoms with Gasteiger partial charge in [-0.05, 0) is 24.6 Å². The van der Waals surface area contributed by atoms with Gasteiger partial charge in [0.15, 0.2) is 5.58 Å². The number of aliphatic hydroxyl groups is 1. The van der Waals surface area contributed by atoms with Gasteiger partial charge in [0.25, 0.3) is 0 Å². The molecule has 0 saturated carbocycles. The second kappa shape index (κ2) is 4.55. The molecule has 3 N–H and O–H groups in total. The van der Waals surface area contributed by atoms with Gasteiger partial charge in [0, 0.05) is 5.56 Å². The minimum Gasteiger partial charge on any atom is -0.438 e. The zero-order valence-corrected chi connectivity index (χ0v) is 9.51. The average Bonchev–Trinajstić information content (AvgIpc) is 2.71. The molecular formula is C12H14N2O3. The number of hydrogen-bond donors (Lipinski definition) is 2. The highest BCUT2D eigenvalue weighted by Crippen LogP contribution is 2.23. The molecule has 0 bridgehead atoms. The van der Waals surface area contributed by atoms with Crippen LogP contribution in [0.5, 0.6) is 0 Å².